The molecule has 1 aliphatic rings. The Hall–Kier alpha value is -1.64. The van der Waals surface area contributed by atoms with Crippen LogP contribution in [0.15, 0.2) is 36.4 Å². The maximum atomic E-state index is 12.8. The summed E-state index contributed by atoms with van der Waals surface area (Å²) in [6, 6.07) is 5.77. The van der Waals surface area contributed by atoms with Crippen LogP contribution in [0.25, 0.3) is 0 Å². The first-order valence-corrected chi connectivity index (χ1v) is 4.47. The van der Waals surface area contributed by atoms with E-state index in [1.165, 1.54) is 12.1 Å². The molecule has 2 nitrogen and oxygen atoms in total. The molecule has 1 aromatic carbocycles. The molecule has 0 aromatic heterocycles. The minimum atomic E-state index is -0.372. The Morgan fingerprint density at radius 1 is 1.29 bits per heavy atom. The van der Waals surface area contributed by atoms with Gasteiger partial charge >= 0.3 is 0 Å². The summed E-state index contributed by atoms with van der Waals surface area (Å²) >= 11 is 0. The molecular formula is C11H10FNO. The predicted octanol–water partition coefficient (Wildman–Crippen LogP) is 1.84. The average molecular weight is 191 g/mol. The summed E-state index contributed by atoms with van der Waals surface area (Å²) in [4.78, 5) is 13.4. The van der Waals surface area contributed by atoms with Crippen LogP contribution in [0.1, 0.15) is 10.4 Å². The predicted molar refractivity (Wildman–Crippen MR) is 51.4 cm³/mol. The van der Waals surface area contributed by atoms with Crippen molar-refractivity contribution in [3.63, 3.8) is 0 Å². The zero-order valence-electron chi connectivity index (χ0n) is 7.61. The van der Waals surface area contributed by atoms with E-state index < -0.39 is 0 Å². The number of hydrogen-bond acceptors (Lipinski definition) is 1. The number of benzene rings is 1. The Labute approximate surface area is 81.6 Å². The molecule has 1 aliphatic heterocycles. The van der Waals surface area contributed by atoms with Crippen LogP contribution in [0.3, 0.4) is 0 Å². The molecule has 1 heterocycles. The summed E-state index contributed by atoms with van der Waals surface area (Å²) in [5.41, 5.74) is 0.411. The largest absolute Gasteiger partial charge is 0.331 e. The van der Waals surface area contributed by atoms with Crippen LogP contribution in [0.5, 0.6) is 0 Å². The van der Waals surface area contributed by atoms with Gasteiger partial charge in [-0.25, -0.2) is 4.39 Å². The van der Waals surface area contributed by atoms with E-state index in [0.29, 0.717) is 18.7 Å². The summed E-state index contributed by atoms with van der Waals surface area (Å²) in [6.45, 7) is 1.24. The van der Waals surface area contributed by atoms with E-state index in [2.05, 4.69) is 0 Å². The van der Waals surface area contributed by atoms with Crippen molar-refractivity contribution < 1.29 is 9.18 Å². The van der Waals surface area contributed by atoms with Gasteiger partial charge in [-0.3, -0.25) is 4.79 Å². The monoisotopic (exact) mass is 191 g/mol. The molecule has 2 rings (SSSR count). The first kappa shape index (κ1) is 8.94. The Morgan fingerprint density at radius 3 is 2.64 bits per heavy atom. The van der Waals surface area contributed by atoms with Gasteiger partial charge in [0.2, 0.25) is 0 Å². The van der Waals surface area contributed by atoms with E-state index in [0.717, 1.165) is 0 Å². The number of nitrogens with zero attached hydrogens (tertiary/aromatic N) is 1. The highest BCUT2D eigenvalue weighted by molar-refractivity contribution is 5.94. The maximum absolute atomic E-state index is 12.8. The molecule has 3 heteroatoms. The molecule has 0 N–H and O–H groups in total. The van der Waals surface area contributed by atoms with E-state index in [1.807, 2.05) is 12.2 Å². The van der Waals surface area contributed by atoms with Gasteiger partial charge in [0.05, 0.1) is 0 Å². The highest BCUT2D eigenvalue weighted by atomic mass is 19.1. The summed E-state index contributed by atoms with van der Waals surface area (Å²) < 4.78 is 12.8. The van der Waals surface area contributed by atoms with Gasteiger partial charge in [-0.2, -0.15) is 0 Å². The van der Waals surface area contributed by atoms with E-state index >= 15 is 0 Å². The summed E-state index contributed by atoms with van der Waals surface area (Å²) in [7, 11) is 0. The molecule has 0 bridgehead atoms. The molecule has 1 amide bonds. The fraction of sp³-hybridized carbons (Fsp3) is 0.182. The first-order valence-electron chi connectivity index (χ1n) is 4.47. The topological polar surface area (TPSA) is 20.3 Å². The molecule has 0 unspecified atom stereocenters. The van der Waals surface area contributed by atoms with Crippen LogP contribution in [0.4, 0.5) is 4.39 Å². The number of amides is 1. The molecule has 0 spiro atoms. The van der Waals surface area contributed by atoms with Crippen molar-refractivity contribution in [3.05, 3.63) is 47.8 Å². The second kappa shape index (κ2) is 3.62. The number of rotatable bonds is 1. The van der Waals surface area contributed by atoms with Gasteiger partial charge < -0.3 is 4.90 Å². The van der Waals surface area contributed by atoms with Gasteiger partial charge in [0.25, 0.3) is 5.91 Å². The van der Waals surface area contributed by atoms with E-state index in [-0.39, 0.29) is 11.7 Å². The highest BCUT2D eigenvalue weighted by Crippen LogP contribution is 2.09. The van der Waals surface area contributed by atoms with Crippen LogP contribution in [0.2, 0.25) is 0 Å². The van der Waals surface area contributed by atoms with Crippen molar-refractivity contribution in [2.45, 2.75) is 0 Å². The van der Waals surface area contributed by atoms with Crippen LogP contribution < -0.4 is 0 Å². The van der Waals surface area contributed by atoms with Gasteiger partial charge in [-0.05, 0) is 18.2 Å². The van der Waals surface area contributed by atoms with Crippen molar-refractivity contribution in [1.82, 2.24) is 4.90 Å². The van der Waals surface area contributed by atoms with Crippen molar-refractivity contribution >= 4 is 5.91 Å². The average Bonchev–Trinajstić information content (AvgIpc) is 2.69. The Bertz CT molecular complexity index is 379. The molecule has 0 radical (unpaired) electrons. The van der Waals surface area contributed by atoms with Gasteiger partial charge in [0, 0.05) is 18.7 Å². The molecule has 0 saturated carbocycles. The lowest BCUT2D eigenvalue weighted by molar-refractivity contribution is 0.0799. The molecular weight excluding hydrogens is 181 g/mol. The number of carbonyl (C=O) groups excluding carboxylic acids is 1. The van der Waals surface area contributed by atoms with Crippen LogP contribution in [-0.2, 0) is 0 Å². The third-order valence-corrected chi connectivity index (χ3v) is 2.18. The van der Waals surface area contributed by atoms with Gasteiger partial charge in [0.1, 0.15) is 5.82 Å². The standard InChI is InChI=1S/C11H10FNO/c12-10-5-3-4-9(8-10)11(14)13-6-1-2-7-13/h1-5,8H,6-7H2. The van der Waals surface area contributed by atoms with Crippen molar-refractivity contribution in [1.29, 1.82) is 0 Å². The normalized spacial score (nSPS) is 14.8. The Morgan fingerprint density at radius 2 is 2.00 bits per heavy atom. The fourth-order valence-corrected chi connectivity index (χ4v) is 1.45. The zero-order valence-corrected chi connectivity index (χ0v) is 7.61. The third kappa shape index (κ3) is 1.66. The lowest BCUT2D eigenvalue weighted by Gasteiger charge is -2.14. The third-order valence-electron chi connectivity index (χ3n) is 2.18. The van der Waals surface area contributed by atoms with Crippen molar-refractivity contribution in [2.24, 2.45) is 0 Å². The summed E-state index contributed by atoms with van der Waals surface area (Å²) in [5, 5.41) is 0. The fourth-order valence-electron chi connectivity index (χ4n) is 1.45. The molecule has 0 aliphatic carbocycles. The number of carbonyl (C=O) groups is 1. The van der Waals surface area contributed by atoms with E-state index in [4.69, 9.17) is 0 Å². The van der Waals surface area contributed by atoms with Gasteiger partial charge in [-0.1, -0.05) is 18.2 Å². The quantitative estimate of drug-likeness (QED) is 0.620. The lowest BCUT2D eigenvalue weighted by Crippen LogP contribution is -2.28. The molecule has 1 aromatic rings. The van der Waals surface area contributed by atoms with Gasteiger partial charge in [0.15, 0.2) is 0 Å². The van der Waals surface area contributed by atoms with Crippen molar-refractivity contribution in [3.8, 4) is 0 Å². The lowest BCUT2D eigenvalue weighted by atomic mass is 10.2. The highest BCUT2D eigenvalue weighted by Gasteiger charge is 2.16. The Kier molecular flexibility index (Phi) is 2.31. The smallest absolute Gasteiger partial charge is 0.254 e. The zero-order chi connectivity index (χ0) is 9.97. The molecule has 72 valence electrons. The summed E-state index contributed by atoms with van der Waals surface area (Å²) in [5.74, 6) is -0.488. The number of halogens is 1. The number of hydrogen-bond donors (Lipinski definition) is 0. The van der Waals surface area contributed by atoms with Crippen LogP contribution in [0, 0.1) is 5.82 Å². The summed E-state index contributed by atoms with van der Waals surface area (Å²) in [6.07, 6.45) is 3.86. The van der Waals surface area contributed by atoms with Crippen LogP contribution in [-0.4, -0.2) is 23.9 Å². The van der Waals surface area contributed by atoms with Gasteiger partial charge in [-0.15, -0.1) is 0 Å². The van der Waals surface area contributed by atoms with E-state index in [1.54, 1.807) is 17.0 Å². The minimum absolute atomic E-state index is 0.116. The SMILES string of the molecule is O=C(c1cccc(F)c1)N1CC=CC1. The molecule has 0 atom stereocenters. The van der Waals surface area contributed by atoms with E-state index in [9.17, 15) is 9.18 Å². The Balaban J connectivity index is 2.18. The second-order valence-electron chi connectivity index (χ2n) is 3.19. The minimum Gasteiger partial charge on any atom is -0.331 e. The maximum Gasteiger partial charge on any atom is 0.254 e. The second-order valence-corrected chi connectivity index (χ2v) is 3.19. The molecule has 0 fully saturated rings. The van der Waals surface area contributed by atoms with Crippen LogP contribution >= 0.6 is 0 Å². The first-order chi connectivity index (χ1) is 6.77. The van der Waals surface area contributed by atoms with Crippen molar-refractivity contribution in [2.75, 3.05) is 13.1 Å². The molecule has 14 heavy (non-hydrogen) atoms. The molecule has 0 saturated heterocycles.